The predicted molar refractivity (Wildman–Crippen MR) is 418 cm³/mol. The Bertz CT molecular complexity index is 5660. The zero-order chi connectivity index (χ0) is 66.8. The van der Waals surface area contributed by atoms with Gasteiger partial charge in [-0.1, -0.05) is 180 Å². The second-order valence-electron chi connectivity index (χ2n) is 32.6. The lowest BCUT2D eigenvalue weighted by molar-refractivity contribution is 0.205. The molecule has 18 aromatic rings. The van der Waals surface area contributed by atoms with E-state index in [4.69, 9.17) is 0 Å². The van der Waals surface area contributed by atoms with Crippen molar-refractivity contribution in [3.05, 3.63) is 265 Å². The Morgan fingerprint density at radius 2 is 0.398 bits per heavy atom. The summed E-state index contributed by atoms with van der Waals surface area (Å²) in [5.74, 6) is 0. The van der Waals surface area contributed by atoms with Crippen LogP contribution in [0, 0.1) is 0 Å². The largest absolute Gasteiger partial charge is 0.335 e. The van der Waals surface area contributed by atoms with Crippen molar-refractivity contribution < 1.29 is 0 Å². The summed E-state index contributed by atoms with van der Waals surface area (Å²) in [6.07, 6.45) is 2.10. The van der Waals surface area contributed by atoms with E-state index in [-0.39, 0.29) is 33.7 Å². The van der Waals surface area contributed by atoms with Gasteiger partial charge in [-0.2, -0.15) is 0 Å². The molecule has 480 valence electrons. The summed E-state index contributed by atoms with van der Waals surface area (Å²) in [6, 6.07) is 94.3. The lowest BCUT2D eigenvalue weighted by atomic mass is 9.85. The Kier molecular flexibility index (Phi) is 12.3. The van der Waals surface area contributed by atoms with Crippen LogP contribution in [0.15, 0.2) is 243 Å². The summed E-state index contributed by atoms with van der Waals surface area (Å²) < 4.78 is 15.6. The summed E-state index contributed by atoms with van der Waals surface area (Å²) in [5.41, 5.74) is 24.9. The summed E-state index contributed by atoms with van der Waals surface area (Å²) in [5, 5.41) is 15.3. The van der Waals surface area contributed by atoms with Crippen molar-refractivity contribution in [3.8, 4) is 22.7 Å². The van der Waals surface area contributed by atoms with Crippen molar-refractivity contribution in [2.75, 3.05) is 0 Å². The fraction of sp³-hybridized carbons (Fsp3) is 0.217. The SMILES string of the molecule is CC(C)(C)c1ccc2c(c1)c1ccccc1n2-c1ccc2c(c1)c1cc(-n3c4ccccc4c4cc(C(C)(C)C)ccc43)ccc1n2C1CCC1n1c2ccc(-n3c4ccccc4c4cc(C(C)(C)C)ccc43)cc2c2cc(-n3c4ccccc4c4cc(C(C)(C)C)ccc43)ccc21. The van der Waals surface area contributed by atoms with Gasteiger partial charge in [-0.15, -0.1) is 0 Å². The number of fused-ring (bicyclic) bond motifs is 18. The first kappa shape index (κ1) is 58.8. The molecule has 6 aromatic heterocycles. The molecule has 6 heteroatoms. The summed E-state index contributed by atoms with van der Waals surface area (Å²) >= 11 is 0. The molecule has 6 nitrogen and oxygen atoms in total. The van der Waals surface area contributed by atoms with Gasteiger partial charge < -0.3 is 27.4 Å². The first-order valence-electron chi connectivity index (χ1n) is 35.5. The van der Waals surface area contributed by atoms with Crippen molar-refractivity contribution in [1.29, 1.82) is 0 Å². The van der Waals surface area contributed by atoms with Gasteiger partial charge in [0.1, 0.15) is 0 Å². The quantitative estimate of drug-likeness (QED) is 0.159. The Labute approximate surface area is 572 Å². The fourth-order valence-corrected chi connectivity index (χ4v) is 17.3. The van der Waals surface area contributed by atoms with E-state index in [2.05, 4.69) is 353 Å². The van der Waals surface area contributed by atoms with Crippen LogP contribution in [0.3, 0.4) is 0 Å². The van der Waals surface area contributed by atoms with Crippen molar-refractivity contribution >= 4 is 131 Å². The van der Waals surface area contributed by atoms with Crippen LogP contribution in [0.2, 0.25) is 0 Å². The number of hydrogen-bond acceptors (Lipinski definition) is 0. The first-order valence-corrected chi connectivity index (χ1v) is 35.5. The van der Waals surface area contributed by atoms with Gasteiger partial charge in [-0.05, 0) is 202 Å². The average Bonchev–Trinajstić information content (AvgIpc) is 1.55. The number of rotatable bonds is 6. The molecule has 0 N–H and O–H groups in total. The number of hydrogen-bond donors (Lipinski definition) is 0. The molecule has 98 heavy (non-hydrogen) atoms. The molecule has 1 saturated carbocycles. The molecule has 0 aliphatic heterocycles. The molecular formula is C92H82N6. The van der Waals surface area contributed by atoms with Crippen molar-refractivity contribution in [2.24, 2.45) is 0 Å². The monoisotopic (exact) mass is 1270 g/mol. The molecule has 1 fully saturated rings. The third kappa shape index (κ3) is 8.58. The minimum Gasteiger partial charge on any atom is -0.335 e. The molecule has 0 amide bonds. The van der Waals surface area contributed by atoms with Gasteiger partial charge >= 0.3 is 0 Å². The van der Waals surface area contributed by atoms with E-state index in [0.29, 0.717) is 0 Å². The van der Waals surface area contributed by atoms with Gasteiger partial charge in [-0.3, -0.25) is 0 Å². The van der Waals surface area contributed by atoms with Crippen LogP contribution in [-0.4, -0.2) is 27.4 Å². The number of benzene rings is 12. The normalized spacial score (nSPS) is 15.3. The highest BCUT2D eigenvalue weighted by molar-refractivity contribution is 6.16. The van der Waals surface area contributed by atoms with E-state index < -0.39 is 0 Å². The Morgan fingerprint density at radius 1 is 0.204 bits per heavy atom. The van der Waals surface area contributed by atoms with Crippen LogP contribution >= 0.6 is 0 Å². The van der Waals surface area contributed by atoms with E-state index in [1.165, 1.54) is 153 Å². The lowest BCUT2D eigenvalue weighted by Gasteiger charge is -2.40. The third-order valence-corrected chi connectivity index (χ3v) is 22.6. The van der Waals surface area contributed by atoms with E-state index in [9.17, 15) is 0 Å². The molecule has 0 spiro atoms. The zero-order valence-corrected chi connectivity index (χ0v) is 58.3. The minimum atomic E-state index is 0.0144. The van der Waals surface area contributed by atoms with Gasteiger partial charge in [0.25, 0.3) is 0 Å². The Hall–Kier alpha value is -10.6. The zero-order valence-electron chi connectivity index (χ0n) is 58.3. The standard InChI is InChI=1S/C92H82N6/c1-89(2,3)55-29-37-79-67(47-55)63-21-13-17-25-75(63)93(79)59-33-41-83-71(51-59)72-52-60(94-76-26-18-14-22-64(76)68-48-56(90(4,5)6)30-38-80(68)94)34-42-84(72)97(83)87-45-46-88(87)98-85-43-35-61(95-77-27-19-15-23-65(77)69-49-57(91(7,8)9)31-39-81(69)95)53-73(85)74-54-62(36-44-86(74)98)96-78-28-20-16-24-66(78)70-50-58(92(10,11)12)32-40-82(70)96/h13-44,47-54,87-88H,45-46H2,1-12H3. The number of aromatic nitrogens is 6. The molecule has 2 unspecified atom stereocenters. The maximum absolute atomic E-state index is 2.75. The molecule has 2 atom stereocenters. The highest BCUT2D eigenvalue weighted by Gasteiger charge is 2.38. The first-order chi connectivity index (χ1) is 47.1. The van der Waals surface area contributed by atoms with Gasteiger partial charge in [0.2, 0.25) is 0 Å². The molecule has 1 aliphatic carbocycles. The maximum atomic E-state index is 2.75. The van der Waals surface area contributed by atoms with E-state index in [1.807, 2.05) is 0 Å². The molecule has 12 aromatic carbocycles. The Morgan fingerprint density at radius 3 is 0.612 bits per heavy atom. The highest BCUT2D eigenvalue weighted by Crippen LogP contribution is 2.52. The van der Waals surface area contributed by atoms with Crippen LogP contribution < -0.4 is 0 Å². The number of para-hydroxylation sites is 4. The summed E-state index contributed by atoms with van der Waals surface area (Å²) in [4.78, 5) is 0. The molecule has 6 heterocycles. The molecule has 19 rings (SSSR count). The average molecular weight is 1270 g/mol. The smallest absolute Gasteiger partial charge is 0.0551 e. The molecule has 1 aliphatic rings. The van der Waals surface area contributed by atoms with E-state index >= 15 is 0 Å². The van der Waals surface area contributed by atoms with Crippen LogP contribution in [0.4, 0.5) is 0 Å². The van der Waals surface area contributed by atoms with Crippen molar-refractivity contribution in [2.45, 2.75) is 130 Å². The molecule has 0 bridgehead atoms. The topological polar surface area (TPSA) is 29.6 Å². The third-order valence-electron chi connectivity index (χ3n) is 22.6. The van der Waals surface area contributed by atoms with E-state index in [0.717, 1.165) is 35.6 Å². The fourth-order valence-electron chi connectivity index (χ4n) is 17.3. The minimum absolute atomic E-state index is 0.0144. The Balaban J connectivity index is 0.842. The second-order valence-corrected chi connectivity index (χ2v) is 32.6. The molecule has 0 radical (unpaired) electrons. The molecule has 0 saturated heterocycles. The molecular weight excluding hydrogens is 1190 g/mol. The van der Waals surface area contributed by atoms with E-state index in [1.54, 1.807) is 0 Å². The van der Waals surface area contributed by atoms with Gasteiger partial charge in [-0.25, -0.2) is 0 Å². The van der Waals surface area contributed by atoms with Crippen LogP contribution in [-0.2, 0) is 21.7 Å². The van der Waals surface area contributed by atoms with Gasteiger partial charge in [0.15, 0.2) is 0 Å². The van der Waals surface area contributed by atoms with Crippen LogP contribution in [0.25, 0.3) is 154 Å². The van der Waals surface area contributed by atoms with Crippen LogP contribution in [0.1, 0.15) is 130 Å². The summed E-state index contributed by atoms with van der Waals surface area (Å²) in [7, 11) is 0. The van der Waals surface area contributed by atoms with Gasteiger partial charge in [0, 0.05) is 109 Å². The summed E-state index contributed by atoms with van der Waals surface area (Å²) in [6.45, 7) is 27.8. The highest BCUT2D eigenvalue weighted by atomic mass is 15.1. The maximum Gasteiger partial charge on any atom is 0.0551 e. The van der Waals surface area contributed by atoms with Crippen LogP contribution in [0.5, 0.6) is 0 Å². The number of nitrogens with zero attached hydrogens (tertiary/aromatic N) is 6. The second kappa shape index (κ2) is 20.5. The van der Waals surface area contributed by atoms with Gasteiger partial charge in [0.05, 0.1) is 56.2 Å². The lowest BCUT2D eigenvalue weighted by Crippen LogP contribution is -2.31. The van der Waals surface area contributed by atoms with Crippen molar-refractivity contribution in [1.82, 2.24) is 27.4 Å². The predicted octanol–water partition coefficient (Wildman–Crippen LogP) is 25.1. The van der Waals surface area contributed by atoms with Crippen molar-refractivity contribution in [3.63, 3.8) is 0 Å².